The molecule has 2 aliphatic rings. The van der Waals surface area contributed by atoms with Gasteiger partial charge in [-0.3, -0.25) is 9.79 Å². The molecule has 1 fully saturated rings. The van der Waals surface area contributed by atoms with Crippen LogP contribution in [0.2, 0.25) is 0 Å². The molecule has 2 aliphatic heterocycles. The molecule has 0 aromatic heterocycles. The van der Waals surface area contributed by atoms with Gasteiger partial charge in [0.15, 0.2) is 5.96 Å². The number of likely N-dealkylation sites (tertiary alicyclic amines) is 1. The molecule has 0 radical (unpaired) electrons. The number of carbonyl (C=O) groups excluding carboxylic acids is 1. The van der Waals surface area contributed by atoms with Crippen LogP contribution in [0.1, 0.15) is 44.1 Å². The van der Waals surface area contributed by atoms with Crippen LogP contribution in [0.3, 0.4) is 0 Å². The van der Waals surface area contributed by atoms with Gasteiger partial charge in [-0.15, -0.1) is 24.0 Å². The highest BCUT2D eigenvalue weighted by molar-refractivity contribution is 14.0. The van der Waals surface area contributed by atoms with E-state index in [1.165, 1.54) is 37.9 Å². The number of rotatable bonds is 6. The minimum absolute atomic E-state index is 0. The van der Waals surface area contributed by atoms with Crippen molar-refractivity contribution in [3.8, 4) is 0 Å². The van der Waals surface area contributed by atoms with Gasteiger partial charge in [0.2, 0.25) is 5.91 Å². The fraction of sp³-hybridized carbons (Fsp3) is 0.619. The molecule has 7 heteroatoms. The van der Waals surface area contributed by atoms with E-state index in [1.54, 1.807) is 0 Å². The molecular weight excluding hydrogens is 465 g/mol. The van der Waals surface area contributed by atoms with Crippen molar-refractivity contribution in [2.75, 3.05) is 45.1 Å². The fourth-order valence-electron chi connectivity index (χ4n) is 3.95. The summed E-state index contributed by atoms with van der Waals surface area (Å²) < 4.78 is 0. The number of aliphatic imine (C=N–C) groups is 1. The molecule has 3 N–H and O–H groups in total. The number of carbonyl (C=O) groups is 1. The van der Waals surface area contributed by atoms with Crippen molar-refractivity contribution in [2.45, 2.75) is 38.5 Å². The van der Waals surface area contributed by atoms with Crippen LogP contribution in [0.15, 0.2) is 29.3 Å². The zero-order valence-corrected chi connectivity index (χ0v) is 19.4. The number of guanidine groups is 1. The number of hydrogen-bond donors (Lipinski definition) is 3. The summed E-state index contributed by atoms with van der Waals surface area (Å²) in [6, 6.07) is 8.04. The second-order valence-electron chi connectivity index (χ2n) is 7.72. The van der Waals surface area contributed by atoms with Gasteiger partial charge in [-0.05, 0) is 63.9 Å². The lowest BCUT2D eigenvalue weighted by molar-refractivity contribution is -0.116. The summed E-state index contributed by atoms with van der Waals surface area (Å²) in [5.74, 6) is 1.88. The average Bonchev–Trinajstić information content (AvgIpc) is 2.67. The molecule has 6 nitrogen and oxygen atoms in total. The Kier molecular flexibility index (Phi) is 9.50. The number of nitrogens with one attached hydrogen (secondary N) is 3. The standard InChI is InChI=1S/C21H33N5O.HI/c1-3-22-21(23-11-8-16-9-12-26(2)13-10-16)24-15-17-14-20(27)25-19-7-5-4-6-18(17)19;/h4-7,16-17H,3,8-15H2,1-2H3,(H,25,27)(H2,22,23,24);1H. The molecule has 0 bridgehead atoms. The first-order valence-corrected chi connectivity index (χ1v) is 10.2. The van der Waals surface area contributed by atoms with E-state index < -0.39 is 0 Å². The molecule has 1 aromatic carbocycles. The van der Waals surface area contributed by atoms with E-state index in [-0.39, 0.29) is 35.8 Å². The first kappa shape index (κ1) is 22.9. The van der Waals surface area contributed by atoms with E-state index in [2.05, 4.69) is 40.9 Å². The predicted octanol–water partition coefficient (Wildman–Crippen LogP) is 3.02. The van der Waals surface area contributed by atoms with Gasteiger partial charge in [-0.25, -0.2) is 0 Å². The molecule has 28 heavy (non-hydrogen) atoms. The Morgan fingerprint density at radius 1 is 1.25 bits per heavy atom. The Labute approximate surface area is 186 Å². The normalized spacial score (nSPS) is 20.7. The lowest BCUT2D eigenvalue weighted by atomic mass is 9.91. The van der Waals surface area contributed by atoms with E-state index in [0.29, 0.717) is 13.0 Å². The van der Waals surface area contributed by atoms with Gasteiger partial charge in [0, 0.05) is 31.1 Å². The number of para-hydroxylation sites is 1. The smallest absolute Gasteiger partial charge is 0.225 e. The third kappa shape index (κ3) is 6.62. The van der Waals surface area contributed by atoms with Crippen LogP contribution < -0.4 is 16.0 Å². The van der Waals surface area contributed by atoms with Crippen LogP contribution in [0.4, 0.5) is 5.69 Å². The Morgan fingerprint density at radius 3 is 2.75 bits per heavy atom. The second kappa shape index (κ2) is 11.6. The van der Waals surface area contributed by atoms with Gasteiger partial charge in [0.05, 0.1) is 6.54 Å². The molecule has 1 amide bonds. The third-order valence-corrected chi connectivity index (χ3v) is 5.60. The summed E-state index contributed by atoms with van der Waals surface area (Å²) in [5, 5.41) is 9.77. The first-order valence-electron chi connectivity index (χ1n) is 10.2. The molecular formula is C21H34IN5O. The highest BCUT2D eigenvalue weighted by Gasteiger charge is 2.24. The zero-order chi connectivity index (χ0) is 19.1. The molecule has 1 atom stereocenters. The number of halogens is 1. The van der Waals surface area contributed by atoms with Crippen molar-refractivity contribution in [1.82, 2.24) is 15.5 Å². The maximum atomic E-state index is 12.0. The zero-order valence-electron chi connectivity index (χ0n) is 17.0. The number of piperidine rings is 1. The maximum absolute atomic E-state index is 12.0. The monoisotopic (exact) mass is 499 g/mol. The molecule has 1 saturated heterocycles. The van der Waals surface area contributed by atoms with Crippen LogP contribution in [0.5, 0.6) is 0 Å². The minimum atomic E-state index is 0. The van der Waals surface area contributed by atoms with Crippen molar-refractivity contribution in [3.63, 3.8) is 0 Å². The molecule has 1 aromatic rings. The number of amides is 1. The lowest BCUT2D eigenvalue weighted by Crippen LogP contribution is -2.39. The largest absolute Gasteiger partial charge is 0.357 e. The second-order valence-corrected chi connectivity index (χ2v) is 7.72. The molecule has 1 unspecified atom stereocenters. The summed E-state index contributed by atoms with van der Waals surface area (Å²) >= 11 is 0. The van der Waals surface area contributed by atoms with Gasteiger partial charge in [-0.2, -0.15) is 0 Å². The number of anilines is 1. The van der Waals surface area contributed by atoms with E-state index in [4.69, 9.17) is 4.99 Å². The van der Waals surface area contributed by atoms with Crippen molar-refractivity contribution in [2.24, 2.45) is 10.9 Å². The van der Waals surface area contributed by atoms with Crippen LogP contribution in [-0.4, -0.2) is 56.5 Å². The molecule has 3 rings (SSSR count). The topological polar surface area (TPSA) is 68.8 Å². The summed E-state index contributed by atoms with van der Waals surface area (Å²) in [6.07, 6.45) is 4.27. The van der Waals surface area contributed by atoms with Crippen molar-refractivity contribution in [3.05, 3.63) is 29.8 Å². The molecule has 156 valence electrons. The van der Waals surface area contributed by atoms with Crippen molar-refractivity contribution >= 4 is 41.5 Å². The van der Waals surface area contributed by atoms with Gasteiger partial charge in [0.25, 0.3) is 0 Å². The fourth-order valence-corrected chi connectivity index (χ4v) is 3.95. The maximum Gasteiger partial charge on any atom is 0.225 e. The Hall–Kier alpha value is -1.35. The minimum Gasteiger partial charge on any atom is -0.357 e. The number of fused-ring (bicyclic) bond motifs is 1. The highest BCUT2D eigenvalue weighted by atomic mass is 127. The Morgan fingerprint density at radius 2 is 2.00 bits per heavy atom. The predicted molar refractivity (Wildman–Crippen MR) is 127 cm³/mol. The average molecular weight is 499 g/mol. The van der Waals surface area contributed by atoms with E-state index in [9.17, 15) is 4.79 Å². The molecule has 0 aliphatic carbocycles. The third-order valence-electron chi connectivity index (χ3n) is 5.60. The number of hydrogen-bond acceptors (Lipinski definition) is 3. The van der Waals surface area contributed by atoms with Gasteiger partial charge in [-0.1, -0.05) is 18.2 Å². The first-order chi connectivity index (χ1) is 13.2. The van der Waals surface area contributed by atoms with E-state index in [1.807, 2.05) is 18.2 Å². The summed E-state index contributed by atoms with van der Waals surface area (Å²) in [6.45, 7) is 6.90. The van der Waals surface area contributed by atoms with Gasteiger partial charge >= 0.3 is 0 Å². The van der Waals surface area contributed by atoms with Gasteiger partial charge in [0.1, 0.15) is 0 Å². The van der Waals surface area contributed by atoms with Crippen LogP contribution in [0, 0.1) is 5.92 Å². The Balaban J connectivity index is 0.00000280. The quantitative estimate of drug-likeness (QED) is 0.320. The number of nitrogens with zero attached hydrogens (tertiary/aromatic N) is 2. The van der Waals surface area contributed by atoms with Crippen molar-refractivity contribution < 1.29 is 4.79 Å². The van der Waals surface area contributed by atoms with E-state index >= 15 is 0 Å². The summed E-state index contributed by atoms with van der Waals surface area (Å²) in [7, 11) is 2.20. The van der Waals surface area contributed by atoms with Gasteiger partial charge < -0.3 is 20.9 Å². The van der Waals surface area contributed by atoms with Crippen LogP contribution >= 0.6 is 24.0 Å². The van der Waals surface area contributed by atoms with Crippen molar-refractivity contribution in [1.29, 1.82) is 0 Å². The summed E-state index contributed by atoms with van der Waals surface area (Å²) in [4.78, 5) is 19.2. The highest BCUT2D eigenvalue weighted by Crippen LogP contribution is 2.31. The molecule has 0 spiro atoms. The van der Waals surface area contributed by atoms with Crippen LogP contribution in [0.25, 0.3) is 0 Å². The lowest BCUT2D eigenvalue weighted by Gasteiger charge is -2.29. The molecule has 0 saturated carbocycles. The Bertz CT molecular complexity index is 658. The van der Waals surface area contributed by atoms with E-state index in [0.717, 1.165) is 30.7 Å². The summed E-state index contributed by atoms with van der Waals surface area (Å²) in [5.41, 5.74) is 2.11. The SMILES string of the molecule is CCNC(=NCC1CC(=O)Nc2ccccc21)NCCC1CCN(C)CC1.I. The molecule has 2 heterocycles. The number of benzene rings is 1. The van der Waals surface area contributed by atoms with Crippen LogP contribution in [-0.2, 0) is 4.79 Å².